The Labute approximate surface area is 113 Å². The molecule has 0 saturated heterocycles. The highest BCUT2D eigenvalue weighted by Gasteiger charge is 2.05. The van der Waals surface area contributed by atoms with Gasteiger partial charge < -0.3 is 15.2 Å². The summed E-state index contributed by atoms with van der Waals surface area (Å²) < 4.78 is 4.47. The Kier molecular flexibility index (Phi) is 4.15. The largest absolute Gasteiger partial charge is 0.511 e. The highest BCUT2D eigenvalue weighted by Crippen LogP contribution is 2.16. The second-order valence-corrected chi connectivity index (χ2v) is 4.73. The van der Waals surface area contributed by atoms with E-state index in [2.05, 4.69) is 10.1 Å². The van der Waals surface area contributed by atoms with Crippen LogP contribution in [0.4, 0.5) is 10.5 Å². The van der Waals surface area contributed by atoms with E-state index in [-0.39, 0.29) is 11.7 Å². The Bertz CT molecular complexity index is 563. The minimum atomic E-state index is -1.37. The van der Waals surface area contributed by atoms with E-state index in [0.717, 1.165) is 4.88 Å². The molecule has 1 aromatic carbocycles. The van der Waals surface area contributed by atoms with Crippen LogP contribution in [-0.2, 0) is 11.2 Å². The van der Waals surface area contributed by atoms with E-state index in [1.54, 1.807) is 12.1 Å². The lowest BCUT2D eigenvalue weighted by Gasteiger charge is -2.05. The Hall–Kier alpha value is -2.34. The third-order valence-corrected chi connectivity index (χ3v) is 3.13. The molecular formula is C13H11NO4S. The van der Waals surface area contributed by atoms with Crippen molar-refractivity contribution in [2.75, 3.05) is 5.32 Å². The summed E-state index contributed by atoms with van der Waals surface area (Å²) in [6.45, 7) is 0. The molecule has 6 heteroatoms. The summed E-state index contributed by atoms with van der Waals surface area (Å²) in [6, 6.07) is 9.93. The Balaban J connectivity index is 1.92. The SMILES string of the molecule is O=C(Cc1cccs1)Nc1ccc(OC(=O)O)cc1. The maximum absolute atomic E-state index is 11.7. The van der Waals surface area contributed by atoms with Crippen LogP contribution in [0.2, 0.25) is 0 Å². The molecule has 0 aliphatic heterocycles. The fourth-order valence-electron chi connectivity index (χ4n) is 1.48. The molecule has 0 unspecified atom stereocenters. The molecular weight excluding hydrogens is 266 g/mol. The van der Waals surface area contributed by atoms with Gasteiger partial charge in [-0.15, -0.1) is 11.3 Å². The number of carbonyl (C=O) groups is 2. The minimum Gasteiger partial charge on any atom is -0.449 e. The number of ether oxygens (including phenoxy) is 1. The topological polar surface area (TPSA) is 75.6 Å². The van der Waals surface area contributed by atoms with Crippen LogP contribution in [0.3, 0.4) is 0 Å². The van der Waals surface area contributed by atoms with Gasteiger partial charge >= 0.3 is 6.16 Å². The van der Waals surface area contributed by atoms with Crippen molar-refractivity contribution in [1.82, 2.24) is 0 Å². The number of nitrogens with one attached hydrogen (secondary N) is 1. The maximum atomic E-state index is 11.7. The lowest BCUT2D eigenvalue weighted by atomic mass is 10.2. The third-order valence-electron chi connectivity index (χ3n) is 2.26. The van der Waals surface area contributed by atoms with Crippen LogP contribution in [0.1, 0.15) is 4.88 Å². The number of carboxylic acid groups (broad SMARTS) is 1. The molecule has 98 valence electrons. The molecule has 0 aliphatic carbocycles. The summed E-state index contributed by atoms with van der Waals surface area (Å²) in [6.07, 6.45) is -1.04. The smallest absolute Gasteiger partial charge is 0.449 e. The zero-order valence-corrected chi connectivity index (χ0v) is 10.6. The van der Waals surface area contributed by atoms with Crippen molar-refractivity contribution in [2.24, 2.45) is 0 Å². The Morgan fingerprint density at radius 3 is 2.53 bits per heavy atom. The second-order valence-electron chi connectivity index (χ2n) is 3.70. The fraction of sp³-hybridized carbons (Fsp3) is 0.0769. The third kappa shape index (κ3) is 4.11. The van der Waals surface area contributed by atoms with E-state index < -0.39 is 6.16 Å². The van der Waals surface area contributed by atoms with Gasteiger partial charge in [-0.25, -0.2) is 4.79 Å². The van der Waals surface area contributed by atoms with Crippen molar-refractivity contribution >= 4 is 29.1 Å². The standard InChI is InChI=1S/C13H11NO4S/c15-12(8-11-2-1-7-19-11)14-9-3-5-10(6-4-9)18-13(16)17/h1-7H,8H2,(H,14,15)(H,16,17). The van der Waals surface area contributed by atoms with Crippen molar-refractivity contribution < 1.29 is 19.4 Å². The first-order valence-electron chi connectivity index (χ1n) is 5.46. The van der Waals surface area contributed by atoms with Gasteiger partial charge in [0.15, 0.2) is 0 Å². The first-order chi connectivity index (χ1) is 9.13. The molecule has 1 heterocycles. The van der Waals surface area contributed by atoms with Gasteiger partial charge in [0.05, 0.1) is 6.42 Å². The number of thiophene rings is 1. The molecule has 0 atom stereocenters. The number of hydrogen-bond donors (Lipinski definition) is 2. The highest BCUT2D eigenvalue weighted by molar-refractivity contribution is 7.10. The Morgan fingerprint density at radius 1 is 1.21 bits per heavy atom. The first kappa shape index (κ1) is 13.1. The van der Waals surface area contributed by atoms with Gasteiger partial charge in [0.25, 0.3) is 0 Å². The van der Waals surface area contributed by atoms with Gasteiger partial charge in [-0.3, -0.25) is 4.79 Å². The van der Waals surface area contributed by atoms with Crippen LogP contribution < -0.4 is 10.1 Å². The summed E-state index contributed by atoms with van der Waals surface area (Å²) >= 11 is 1.52. The summed E-state index contributed by atoms with van der Waals surface area (Å²) in [5.74, 6) is 0.0955. The lowest BCUT2D eigenvalue weighted by molar-refractivity contribution is -0.115. The van der Waals surface area contributed by atoms with Crippen LogP contribution in [0.15, 0.2) is 41.8 Å². The van der Waals surface area contributed by atoms with Gasteiger partial charge in [0, 0.05) is 10.6 Å². The van der Waals surface area contributed by atoms with Gasteiger partial charge in [0.2, 0.25) is 5.91 Å². The number of benzene rings is 1. The van der Waals surface area contributed by atoms with E-state index in [0.29, 0.717) is 12.1 Å². The molecule has 0 saturated carbocycles. The van der Waals surface area contributed by atoms with Crippen LogP contribution in [0, 0.1) is 0 Å². The van der Waals surface area contributed by atoms with Crippen molar-refractivity contribution in [1.29, 1.82) is 0 Å². The first-order valence-corrected chi connectivity index (χ1v) is 6.34. The molecule has 0 bridgehead atoms. The number of hydrogen-bond acceptors (Lipinski definition) is 4. The summed E-state index contributed by atoms with van der Waals surface area (Å²) in [4.78, 5) is 23.0. The lowest BCUT2D eigenvalue weighted by Crippen LogP contribution is -2.13. The van der Waals surface area contributed by atoms with Crippen LogP contribution in [-0.4, -0.2) is 17.2 Å². The predicted molar refractivity (Wildman–Crippen MR) is 71.7 cm³/mol. The molecule has 1 amide bonds. The number of rotatable bonds is 4. The number of amides is 1. The van der Waals surface area contributed by atoms with Crippen molar-refractivity contribution in [3.8, 4) is 5.75 Å². The van der Waals surface area contributed by atoms with E-state index in [9.17, 15) is 9.59 Å². The minimum absolute atomic E-state index is 0.116. The molecule has 1 aromatic heterocycles. The Morgan fingerprint density at radius 2 is 1.95 bits per heavy atom. The average molecular weight is 277 g/mol. The second kappa shape index (κ2) is 6.01. The molecule has 5 nitrogen and oxygen atoms in total. The van der Waals surface area contributed by atoms with E-state index >= 15 is 0 Å². The predicted octanol–water partition coefficient (Wildman–Crippen LogP) is 2.99. The van der Waals surface area contributed by atoms with Crippen LogP contribution >= 0.6 is 11.3 Å². The molecule has 0 fully saturated rings. The van der Waals surface area contributed by atoms with Crippen molar-refractivity contribution in [2.45, 2.75) is 6.42 Å². The van der Waals surface area contributed by atoms with E-state index in [1.807, 2.05) is 17.5 Å². The zero-order chi connectivity index (χ0) is 13.7. The normalized spacial score (nSPS) is 9.89. The molecule has 0 spiro atoms. The van der Waals surface area contributed by atoms with E-state index in [4.69, 9.17) is 5.11 Å². The molecule has 2 N–H and O–H groups in total. The summed E-state index contributed by atoms with van der Waals surface area (Å²) in [7, 11) is 0. The van der Waals surface area contributed by atoms with Gasteiger partial charge in [-0.1, -0.05) is 6.07 Å². The van der Waals surface area contributed by atoms with Crippen molar-refractivity contribution in [3.05, 3.63) is 46.7 Å². The average Bonchev–Trinajstić information content (AvgIpc) is 2.83. The van der Waals surface area contributed by atoms with Gasteiger partial charge in [-0.05, 0) is 35.7 Å². The molecule has 0 radical (unpaired) electrons. The summed E-state index contributed by atoms with van der Waals surface area (Å²) in [5, 5.41) is 13.1. The molecule has 0 aliphatic rings. The van der Waals surface area contributed by atoms with Gasteiger partial charge in [-0.2, -0.15) is 0 Å². The monoisotopic (exact) mass is 277 g/mol. The number of anilines is 1. The molecule has 2 rings (SSSR count). The molecule has 2 aromatic rings. The number of carbonyl (C=O) groups excluding carboxylic acids is 1. The van der Waals surface area contributed by atoms with E-state index in [1.165, 1.54) is 23.5 Å². The molecule has 19 heavy (non-hydrogen) atoms. The fourth-order valence-corrected chi connectivity index (χ4v) is 2.19. The summed E-state index contributed by atoms with van der Waals surface area (Å²) in [5.41, 5.74) is 0.597. The van der Waals surface area contributed by atoms with Crippen LogP contribution in [0.25, 0.3) is 0 Å². The maximum Gasteiger partial charge on any atom is 0.511 e. The highest BCUT2D eigenvalue weighted by atomic mass is 32.1. The van der Waals surface area contributed by atoms with Crippen molar-refractivity contribution in [3.63, 3.8) is 0 Å². The zero-order valence-electron chi connectivity index (χ0n) is 9.83. The van der Waals surface area contributed by atoms with Gasteiger partial charge in [0.1, 0.15) is 5.75 Å². The quantitative estimate of drug-likeness (QED) is 0.665. The van der Waals surface area contributed by atoms with Crippen LogP contribution in [0.5, 0.6) is 5.75 Å².